The topological polar surface area (TPSA) is 118 Å². The van der Waals surface area contributed by atoms with Gasteiger partial charge in [0.05, 0.1) is 0 Å². The van der Waals surface area contributed by atoms with E-state index < -0.39 is 12.6 Å². The fourth-order valence-electron chi connectivity index (χ4n) is 1.09. The molecule has 0 aromatic heterocycles. The summed E-state index contributed by atoms with van der Waals surface area (Å²) in [6.07, 6.45) is -2.70. The van der Waals surface area contributed by atoms with Gasteiger partial charge in [-0.1, -0.05) is 24.3 Å². The minimum Gasteiger partial charge on any atom is -0.249 e. The van der Waals surface area contributed by atoms with Gasteiger partial charge in [-0.05, 0) is 0 Å². The Balaban J connectivity index is 2.81. The Morgan fingerprint density at radius 1 is 0.625 bits per heavy atom. The van der Waals surface area contributed by atoms with E-state index in [0.717, 1.165) is 0 Å². The first-order chi connectivity index (χ1) is 7.76. The first-order valence-corrected chi connectivity index (χ1v) is 4.07. The standard InChI is InChI=1S/C8H10O8/c9-13-7(14-10)5-1-2-6(4-3-5)8(15-11)16-12/h1-4,7-12H. The molecule has 8 heteroatoms. The zero-order chi connectivity index (χ0) is 12.0. The molecule has 0 aliphatic heterocycles. The van der Waals surface area contributed by atoms with Gasteiger partial charge in [-0.25, -0.2) is 21.0 Å². The van der Waals surface area contributed by atoms with E-state index in [0.29, 0.717) is 11.1 Å². The van der Waals surface area contributed by atoms with Crippen molar-refractivity contribution >= 4 is 0 Å². The van der Waals surface area contributed by atoms with Crippen LogP contribution in [-0.2, 0) is 19.6 Å². The van der Waals surface area contributed by atoms with Crippen molar-refractivity contribution in [2.45, 2.75) is 12.6 Å². The molecular weight excluding hydrogens is 224 g/mol. The molecule has 0 spiro atoms. The van der Waals surface area contributed by atoms with Crippen LogP contribution in [0.5, 0.6) is 0 Å². The zero-order valence-corrected chi connectivity index (χ0v) is 7.89. The molecule has 0 aliphatic carbocycles. The summed E-state index contributed by atoms with van der Waals surface area (Å²) in [6.45, 7) is 0. The number of hydrogen-bond donors (Lipinski definition) is 4. The van der Waals surface area contributed by atoms with Gasteiger partial charge in [-0.2, -0.15) is 19.6 Å². The Kier molecular flexibility index (Phi) is 5.25. The molecule has 0 bridgehead atoms. The second-order valence-corrected chi connectivity index (χ2v) is 2.75. The Hall–Kier alpha value is -1.10. The molecule has 0 heterocycles. The normalized spacial score (nSPS) is 11.4. The molecule has 4 N–H and O–H groups in total. The van der Waals surface area contributed by atoms with Gasteiger partial charge in [-0.3, -0.25) is 0 Å². The van der Waals surface area contributed by atoms with E-state index in [1.54, 1.807) is 0 Å². The van der Waals surface area contributed by atoms with Crippen LogP contribution in [0.3, 0.4) is 0 Å². The Bertz CT molecular complexity index is 260. The molecule has 0 fully saturated rings. The maximum absolute atomic E-state index is 8.34. The highest BCUT2D eigenvalue weighted by Crippen LogP contribution is 2.21. The van der Waals surface area contributed by atoms with E-state index >= 15 is 0 Å². The quantitative estimate of drug-likeness (QED) is 0.333. The van der Waals surface area contributed by atoms with Crippen molar-refractivity contribution in [1.29, 1.82) is 0 Å². The molecule has 0 saturated heterocycles. The van der Waals surface area contributed by atoms with E-state index in [2.05, 4.69) is 19.6 Å². The summed E-state index contributed by atoms with van der Waals surface area (Å²) >= 11 is 0. The van der Waals surface area contributed by atoms with Crippen molar-refractivity contribution in [3.8, 4) is 0 Å². The summed E-state index contributed by atoms with van der Waals surface area (Å²) in [5.74, 6) is 0. The molecular formula is C8H10O8. The molecule has 0 amide bonds. The summed E-state index contributed by atoms with van der Waals surface area (Å²) in [7, 11) is 0. The van der Waals surface area contributed by atoms with E-state index in [1.165, 1.54) is 24.3 Å². The fourth-order valence-corrected chi connectivity index (χ4v) is 1.09. The zero-order valence-electron chi connectivity index (χ0n) is 7.89. The molecule has 8 nitrogen and oxygen atoms in total. The second kappa shape index (κ2) is 6.48. The third-order valence-electron chi connectivity index (χ3n) is 1.86. The summed E-state index contributed by atoms with van der Waals surface area (Å²) < 4.78 is 0. The fraction of sp³-hybridized carbons (Fsp3) is 0.250. The van der Waals surface area contributed by atoms with Crippen LogP contribution < -0.4 is 0 Å². The van der Waals surface area contributed by atoms with Gasteiger partial charge in [-0.15, -0.1) is 0 Å². The SMILES string of the molecule is OOC(OO)c1ccc(C(OO)OO)cc1. The van der Waals surface area contributed by atoms with Crippen LogP contribution in [0.4, 0.5) is 0 Å². The van der Waals surface area contributed by atoms with Crippen LogP contribution >= 0.6 is 0 Å². The highest BCUT2D eigenvalue weighted by atomic mass is 17.2. The lowest BCUT2D eigenvalue weighted by Crippen LogP contribution is -2.07. The molecule has 0 saturated carbocycles. The predicted octanol–water partition coefficient (Wildman–Crippen LogP) is 1.64. The number of benzene rings is 1. The van der Waals surface area contributed by atoms with Crippen molar-refractivity contribution in [2.75, 3.05) is 0 Å². The predicted molar refractivity (Wildman–Crippen MR) is 46.8 cm³/mol. The van der Waals surface area contributed by atoms with Gasteiger partial charge >= 0.3 is 0 Å². The van der Waals surface area contributed by atoms with E-state index in [1.807, 2.05) is 0 Å². The van der Waals surface area contributed by atoms with Crippen LogP contribution in [0, 0.1) is 0 Å². The monoisotopic (exact) mass is 234 g/mol. The molecule has 1 aromatic carbocycles. The van der Waals surface area contributed by atoms with Crippen molar-refractivity contribution in [3.63, 3.8) is 0 Å². The Morgan fingerprint density at radius 3 is 1.06 bits per heavy atom. The molecule has 0 unspecified atom stereocenters. The number of rotatable bonds is 6. The van der Waals surface area contributed by atoms with Gasteiger partial charge in [0.1, 0.15) is 0 Å². The second-order valence-electron chi connectivity index (χ2n) is 2.75. The summed E-state index contributed by atoms with van der Waals surface area (Å²) in [5.41, 5.74) is 0.590. The minimum absolute atomic E-state index is 0.295. The molecule has 0 radical (unpaired) electrons. The van der Waals surface area contributed by atoms with Crippen molar-refractivity contribution in [1.82, 2.24) is 0 Å². The third-order valence-corrected chi connectivity index (χ3v) is 1.86. The van der Waals surface area contributed by atoms with Crippen molar-refractivity contribution < 1.29 is 40.6 Å². The summed E-state index contributed by atoms with van der Waals surface area (Å²) in [5, 5.41) is 33.3. The van der Waals surface area contributed by atoms with Crippen LogP contribution in [0.25, 0.3) is 0 Å². The average molecular weight is 234 g/mol. The first kappa shape index (κ1) is 13.0. The van der Waals surface area contributed by atoms with Crippen LogP contribution in [0.15, 0.2) is 24.3 Å². The lowest BCUT2D eigenvalue weighted by molar-refractivity contribution is -0.438. The van der Waals surface area contributed by atoms with Gasteiger partial charge in [0.15, 0.2) is 0 Å². The molecule has 0 aliphatic rings. The maximum Gasteiger partial charge on any atom is 0.248 e. The van der Waals surface area contributed by atoms with E-state index in [9.17, 15) is 0 Å². The van der Waals surface area contributed by atoms with Gasteiger partial charge in [0.25, 0.3) is 0 Å². The third kappa shape index (κ3) is 2.95. The maximum atomic E-state index is 8.34. The van der Waals surface area contributed by atoms with Gasteiger partial charge in [0, 0.05) is 11.1 Å². The molecule has 16 heavy (non-hydrogen) atoms. The van der Waals surface area contributed by atoms with Crippen LogP contribution in [0.2, 0.25) is 0 Å². The summed E-state index contributed by atoms with van der Waals surface area (Å²) in [4.78, 5) is 15.2. The smallest absolute Gasteiger partial charge is 0.248 e. The minimum atomic E-state index is -1.35. The molecule has 90 valence electrons. The summed E-state index contributed by atoms with van der Waals surface area (Å²) in [6, 6.07) is 5.55. The van der Waals surface area contributed by atoms with Crippen LogP contribution in [-0.4, -0.2) is 21.0 Å². The lowest BCUT2D eigenvalue weighted by atomic mass is 10.1. The molecule has 1 rings (SSSR count). The molecule has 0 atom stereocenters. The van der Waals surface area contributed by atoms with Crippen molar-refractivity contribution in [2.24, 2.45) is 0 Å². The largest absolute Gasteiger partial charge is 0.249 e. The lowest BCUT2D eigenvalue weighted by Gasteiger charge is -2.12. The van der Waals surface area contributed by atoms with E-state index in [4.69, 9.17) is 21.0 Å². The number of hydrogen-bond acceptors (Lipinski definition) is 8. The van der Waals surface area contributed by atoms with Gasteiger partial charge in [0.2, 0.25) is 12.6 Å². The highest BCUT2D eigenvalue weighted by Gasteiger charge is 2.15. The first-order valence-electron chi connectivity index (χ1n) is 4.07. The Labute approximate surface area is 89.5 Å². The van der Waals surface area contributed by atoms with E-state index in [-0.39, 0.29) is 0 Å². The van der Waals surface area contributed by atoms with Crippen molar-refractivity contribution in [3.05, 3.63) is 35.4 Å². The molecule has 1 aromatic rings. The average Bonchev–Trinajstić information content (AvgIpc) is 2.34. The highest BCUT2D eigenvalue weighted by molar-refractivity contribution is 5.24. The van der Waals surface area contributed by atoms with Gasteiger partial charge < -0.3 is 0 Å². The van der Waals surface area contributed by atoms with Crippen LogP contribution in [0.1, 0.15) is 23.7 Å². The Morgan fingerprint density at radius 2 is 0.875 bits per heavy atom.